The van der Waals surface area contributed by atoms with Crippen LogP contribution in [-0.2, 0) is 0 Å². The SMILES string of the molecule is O=C(O)c1ccc(-c2ccc(N3CCN(C4CCCC4)CC3)nn2)cc1. The minimum Gasteiger partial charge on any atom is -0.478 e. The van der Waals surface area contributed by atoms with Crippen LogP contribution >= 0.6 is 0 Å². The lowest BCUT2D eigenvalue weighted by Crippen LogP contribution is -2.50. The first-order valence-electron chi connectivity index (χ1n) is 9.37. The third-order valence-corrected chi connectivity index (χ3v) is 5.56. The predicted octanol–water partition coefficient (Wildman–Crippen LogP) is 2.91. The summed E-state index contributed by atoms with van der Waals surface area (Å²) in [6.07, 6.45) is 5.47. The number of piperazine rings is 1. The molecule has 4 rings (SSSR count). The Balaban J connectivity index is 1.39. The maximum absolute atomic E-state index is 10.9. The summed E-state index contributed by atoms with van der Waals surface area (Å²) in [7, 11) is 0. The number of hydrogen-bond acceptors (Lipinski definition) is 5. The van der Waals surface area contributed by atoms with Crippen LogP contribution in [0.5, 0.6) is 0 Å². The van der Waals surface area contributed by atoms with E-state index in [0.29, 0.717) is 0 Å². The summed E-state index contributed by atoms with van der Waals surface area (Å²) in [5.74, 6) is -0.00305. The number of anilines is 1. The van der Waals surface area contributed by atoms with Crippen LogP contribution in [0, 0.1) is 0 Å². The molecule has 26 heavy (non-hydrogen) atoms. The lowest BCUT2D eigenvalue weighted by molar-refractivity contribution is 0.0697. The number of aromatic carboxylic acids is 1. The summed E-state index contributed by atoms with van der Waals surface area (Å²) in [4.78, 5) is 15.9. The molecule has 2 aromatic rings. The van der Waals surface area contributed by atoms with Crippen molar-refractivity contribution in [2.75, 3.05) is 31.1 Å². The topological polar surface area (TPSA) is 69.6 Å². The molecule has 6 nitrogen and oxygen atoms in total. The molecule has 2 fully saturated rings. The third-order valence-electron chi connectivity index (χ3n) is 5.56. The Morgan fingerprint density at radius 3 is 2.19 bits per heavy atom. The molecular formula is C20H24N4O2. The Bertz CT molecular complexity index is 746. The van der Waals surface area contributed by atoms with Gasteiger partial charge in [0.15, 0.2) is 5.82 Å². The molecule has 1 aromatic heterocycles. The van der Waals surface area contributed by atoms with Gasteiger partial charge in [0.25, 0.3) is 0 Å². The largest absolute Gasteiger partial charge is 0.478 e. The quantitative estimate of drug-likeness (QED) is 0.912. The number of carboxylic acid groups (broad SMARTS) is 1. The van der Waals surface area contributed by atoms with E-state index in [1.54, 1.807) is 24.3 Å². The fourth-order valence-corrected chi connectivity index (χ4v) is 4.02. The van der Waals surface area contributed by atoms with Crippen molar-refractivity contribution in [2.24, 2.45) is 0 Å². The van der Waals surface area contributed by atoms with Gasteiger partial charge in [-0.15, -0.1) is 10.2 Å². The molecule has 1 aliphatic carbocycles. The molecule has 1 saturated heterocycles. The zero-order valence-electron chi connectivity index (χ0n) is 14.8. The minimum atomic E-state index is -0.922. The van der Waals surface area contributed by atoms with Crippen molar-refractivity contribution < 1.29 is 9.90 Å². The number of rotatable bonds is 4. The average molecular weight is 352 g/mol. The van der Waals surface area contributed by atoms with E-state index in [4.69, 9.17) is 5.11 Å². The van der Waals surface area contributed by atoms with Gasteiger partial charge in [0.1, 0.15) is 0 Å². The second kappa shape index (κ2) is 7.41. The zero-order chi connectivity index (χ0) is 17.9. The standard InChI is InChI=1S/C20H24N4O2/c25-20(26)16-7-5-15(6-8-16)18-9-10-19(22-21-18)24-13-11-23(12-14-24)17-3-1-2-4-17/h5-10,17H,1-4,11-14H2,(H,25,26). The summed E-state index contributed by atoms with van der Waals surface area (Å²) in [6, 6.07) is 11.5. The first-order chi connectivity index (χ1) is 12.7. The van der Waals surface area contributed by atoms with E-state index in [1.165, 1.54) is 25.7 Å². The highest BCUT2D eigenvalue weighted by Crippen LogP contribution is 2.25. The molecule has 0 unspecified atom stereocenters. The van der Waals surface area contributed by atoms with E-state index in [9.17, 15) is 4.79 Å². The monoisotopic (exact) mass is 352 g/mol. The van der Waals surface area contributed by atoms with Crippen LogP contribution in [0.15, 0.2) is 36.4 Å². The Labute approximate surface area is 153 Å². The van der Waals surface area contributed by atoms with E-state index in [0.717, 1.165) is 49.3 Å². The Hall–Kier alpha value is -2.47. The minimum absolute atomic E-state index is 0.276. The fraction of sp³-hybridized carbons (Fsp3) is 0.450. The lowest BCUT2D eigenvalue weighted by Gasteiger charge is -2.38. The summed E-state index contributed by atoms with van der Waals surface area (Å²) < 4.78 is 0. The van der Waals surface area contributed by atoms with Gasteiger partial charge >= 0.3 is 5.97 Å². The van der Waals surface area contributed by atoms with Crippen LogP contribution in [0.25, 0.3) is 11.3 Å². The van der Waals surface area contributed by atoms with Gasteiger partial charge in [-0.3, -0.25) is 4.90 Å². The lowest BCUT2D eigenvalue weighted by atomic mass is 10.1. The number of aromatic nitrogens is 2. The number of carboxylic acids is 1. The second-order valence-electron chi connectivity index (χ2n) is 7.12. The Kier molecular flexibility index (Phi) is 4.84. The Morgan fingerprint density at radius 2 is 1.62 bits per heavy atom. The zero-order valence-corrected chi connectivity index (χ0v) is 14.8. The molecule has 0 spiro atoms. The maximum Gasteiger partial charge on any atom is 0.335 e. The van der Waals surface area contributed by atoms with Gasteiger partial charge in [0.05, 0.1) is 11.3 Å². The normalized spacial score (nSPS) is 19.0. The van der Waals surface area contributed by atoms with E-state index < -0.39 is 5.97 Å². The van der Waals surface area contributed by atoms with Crippen molar-refractivity contribution in [3.8, 4) is 11.3 Å². The molecule has 0 radical (unpaired) electrons. The molecule has 136 valence electrons. The first kappa shape index (κ1) is 17.0. The van der Waals surface area contributed by atoms with Gasteiger partial charge in [-0.2, -0.15) is 0 Å². The van der Waals surface area contributed by atoms with Crippen molar-refractivity contribution >= 4 is 11.8 Å². The summed E-state index contributed by atoms with van der Waals surface area (Å²) in [6.45, 7) is 4.20. The van der Waals surface area contributed by atoms with E-state index >= 15 is 0 Å². The van der Waals surface area contributed by atoms with Gasteiger partial charge in [-0.1, -0.05) is 25.0 Å². The predicted molar refractivity (Wildman–Crippen MR) is 100 cm³/mol. The van der Waals surface area contributed by atoms with Gasteiger partial charge in [-0.25, -0.2) is 4.79 Å². The van der Waals surface area contributed by atoms with Gasteiger partial charge < -0.3 is 10.0 Å². The molecule has 2 heterocycles. The first-order valence-corrected chi connectivity index (χ1v) is 9.37. The van der Waals surface area contributed by atoms with Gasteiger partial charge in [0, 0.05) is 37.8 Å². The number of nitrogens with zero attached hydrogens (tertiary/aromatic N) is 4. The van der Waals surface area contributed by atoms with Gasteiger partial charge in [0.2, 0.25) is 0 Å². The van der Waals surface area contributed by atoms with Crippen molar-refractivity contribution in [3.63, 3.8) is 0 Å². The summed E-state index contributed by atoms with van der Waals surface area (Å²) in [5, 5.41) is 17.7. The highest BCUT2D eigenvalue weighted by Gasteiger charge is 2.26. The molecular weight excluding hydrogens is 328 g/mol. The molecule has 0 atom stereocenters. The molecule has 1 aromatic carbocycles. The number of hydrogen-bond donors (Lipinski definition) is 1. The van der Waals surface area contributed by atoms with Crippen LogP contribution in [0.4, 0.5) is 5.82 Å². The summed E-state index contributed by atoms with van der Waals surface area (Å²) in [5.41, 5.74) is 1.91. The van der Waals surface area contributed by atoms with Crippen molar-refractivity contribution in [1.29, 1.82) is 0 Å². The van der Waals surface area contributed by atoms with E-state index in [1.807, 2.05) is 12.1 Å². The maximum atomic E-state index is 10.9. The molecule has 6 heteroatoms. The molecule has 1 saturated carbocycles. The average Bonchev–Trinajstić information content (AvgIpc) is 3.23. The smallest absolute Gasteiger partial charge is 0.335 e. The van der Waals surface area contributed by atoms with Crippen LogP contribution in [-0.4, -0.2) is 58.4 Å². The molecule has 1 N–H and O–H groups in total. The highest BCUT2D eigenvalue weighted by molar-refractivity contribution is 5.88. The molecule has 0 bridgehead atoms. The van der Waals surface area contributed by atoms with Crippen LogP contribution in [0.3, 0.4) is 0 Å². The van der Waals surface area contributed by atoms with E-state index in [-0.39, 0.29) is 5.56 Å². The fourth-order valence-electron chi connectivity index (χ4n) is 4.02. The van der Waals surface area contributed by atoms with Crippen molar-refractivity contribution in [3.05, 3.63) is 42.0 Å². The van der Waals surface area contributed by atoms with Crippen LogP contribution < -0.4 is 4.90 Å². The third kappa shape index (κ3) is 3.55. The van der Waals surface area contributed by atoms with E-state index in [2.05, 4.69) is 20.0 Å². The van der Waals surface area contributed by atoms with Crippen molar-refractivity contribution in [2.45, 2.75) is 31.7 Å². The second-order valence-corrected chi connectivity index (χ2v) is 7.12. The van der Waals surface area contributed by atoms with Crippen LogP contribution in [0.2, 0.25) is 0 Å². The van der Waals surface area contributed by atoms with Gasteiger partial charge in [-0.05, 0) is 37.1 Å². The molecule has 1 aliphatic heterocycles. The number of carbonyl (C=O) groups is 1. The number of benzene rings is 1. The van der Waals surface area contributed by atoms with Crippen LogP contribution in [0.1, 0.15) is 36.0 Å². The molecule has 2 aliphatic rings. The van der Waals surface area contributed by atoms with Crippen molar-refractivity contribution in [1.82, 2.24) is 15.1 Å². The highest BCUT2D eigenvalue weighted by atomic mass is 16.4. The Morgan fingerprint density at radius 1 is 0.923 bits per heavy atom. The molecule has 0 amide bonds. The summed E-state index contributed by atoms with van der Waals surface area (Å²) >= 11 is 0.